The summed E-state index contributed by atoms with van der Waals surface area (Å²) in [6, 6.07) is 7.05. The molecule has 1 saturated carbocycles. The van der Waals surface area contributed by atoms with Gasteiger partial charge in [-0.05, 0) is 50.5 Å². The first-order valence-electron chi connectivity index (χ1n) is 9.16. The zero-order chi connectivity index (χ0) is 19.9. The Labute approximate surface area is 181 Å². The van der Waals surface area contributed by atoms with Crippen molar-refractivity contribution >= 4 is 29.9 Å². The van der Waals surface area contributed by atoms with E-state index in [1.807, 2.05) is 31.2 Å². The summed E-state index contributed by atoms with van der Waals surface area (Å²) in [5.74, 6) is 0.725. The van der Waals surface area contributed by atoms with Crippen LogP contribution in [0, 0.1) is 5.92 Å². The maximum atomic E-state index is 12.9. The van der Waals surface area contributed by atoms with Gasteiger partial charge in [0.2, 0.25) is 0 Å². The Morgan fingerprint density at radius 2 is 1.86 bits per heavy atom. The predicted octanol–water partition coefficient (Wildman–Crippen LogP) is 4.37. The van der Waals surface area contributed by atoms with Crippen LogP contribution in [0.2, 0.25) is 0 Å². The number of nitrogens with zero attached hydrogens (tertiary/aromatic N) is 1. The van der Waals surface area contributed by atoms with Crippen LogP contribution >= 0.6 is 24.0 Å². The van der Waals surface area contributed by atoms with Gasteiger partial charge in [0, 0.05) is 13.1 Å². The van der Waals surface area contributed by atoms with Crippen molar-refractivity contribution in [1.29, 1.82) is 0 Å². The molecule has 3 unspecified atom stereocenters. The minimum atomic E-state index is -4.13. The number of alkyl halides is 3. The third kappa shape index (κ3) is 7.92. The van der Waals surface area contributed by atoms with Crippen LogP contribution in [-0.2, 0) is 0 Å². The molecule has 2 rings (SSSR count). The summed E-state index contributed by atoms with van der Waals surface area (Å²) in [6.45, 7) is 2.38. The molecule has 0 amide bonds. The van der Waals surface area contributed by atoms with Crippen LogP contribution in [0.5, 0.6) is 11.5 Å². The first-order chi connectivity index (χ1) is 12.8. The summed E-state index contributed by atoms with van der Waals surface area (Å²) >= 11 is 0. The lowest BCUT2D eigenvalue weighted by Gasteiger charge is -2.32. The molecule has 1 aromatic carbocycles. The van der Waals surface area contributed by atoms with Gasteiger partial charge in [0.15, 0.2) is 5.96 Å². The lowest BCUT2D eigenvalue weighted by atomic mass is 9.85. The van der Waals surface area contributed by atoms with Gasteiger partial charge in [-0.2, -0.15) is 13.2 Å². The van der Waals surface area contributed by atoms with Crippen LogP contribution in [0.15, 0.2) is 29.3 Å². The Hall–Kier alpha value is -1.39. The molecule has 1 aliphatic rings. The maximum absolute atomic E-state index is 12.9. The van der Waals surface area contributed by atoms with Gasteiger partial charge in [0.05, 0.1) is 19.6 Å². The van der Waals surface area contributed by atoms with Gasteiger partial charge < -0.3 is 20.1 Å². The number of nitrogens with one attached hydrogen (secondary N) is 2. The van der Waals surface area contributed by atoms with Crippen molar-refractivity contribution < 1.29 is 22.6 Å². The highest BCUT2D eigenvalue weighted by Crippen LogP contribution is 2.37. The van der Waals surface area contributed by atoms with E-state index in [1.165, 1.54) is 0 Å². The van der Waals surface area contributed by atoms with Gasteiger partial charge in [-0.3, -0.25) is 4.99 Å². The van der Waals surface area contributed by atoms with E-state index in [1.54, 1.807) is 14.2 Å². The van der Waals surface area contributed by atoms with Gasteiger partial charge >= 0.3 is 6.18 Å². The molecular weight excluding hydrogens is 486 g/mol. The number of aliphatic imine (C=N–C) groups is 1. The fraction of sp³-hybridized carbons (Fsp3) is 0.632. The molecule has 1 aromatic rings. The Balaban J connectivity index is 0.00000392. The van der Waals surface area contributed by atoms with Gasteiger partial charge in [-0.25, -0.2) is 0 Å². The Bertz CT molecular complexity index is 611. The molecule has 0 aliphatic heterocycles. The second-order valence-electron chi connectivity index (χ2n) is 6.80. The van der Waals surface area contributed by atoms with Crippen molar-refractivity contribution in [1.82, 2.24) is 10.6 Å². The highest BCUT2D eigenvalue weighted by Gasteiger charge is 2.42. The quantitative estimate of drug-likeness (QED) is 0.336. The fourth-order valence-electron chi connectivity index (χ4n) is 3.17. The van der Waals surface area contributed by atoms with E-state index >= 15 is 0 Å². The molecular formula is C19H29F3IN3O2. The van der Waals surface area contributed by atoms with Crippen molar-refractivity contribution in [3.8, 4) is 11.5 Å². The predicted molar refractivity (Wildman–Crippen MR) is 115 cm³/mol. The molecule has 5 nitrogen and oxygen atoms in total. The van der Waals surface area contributed by atoms with Crippen LogP contribution in [-0.4, -0.2) is 45.0 Å². The van der Waals surface area contributed by atoms with E-state index in [9.17, 15) is 13.2 Å². The molecule has 0 spiro atoms. The summed E-state index contributed by atoms with van der Waals surface area (Å²) < 4.78 is 49.8. The second-order valence-corrected chi connectivity index (χ2v) is 6.80. The second kappa shape index (κ2) is 11.6. The lowest BCUT2D eigenvalue weighted by molar-refractivity contribution is -0.183. The van der Waals surface area contributed by atoms with E-state index in [0.29, 0.717) is 31.1 Å². The molecule has 0 radical (unpaired) electrons. The number of ether oxygens (including phenoxy) is 2. The van der Waals surface area contributed by atoms with Gasteiger partial charge in [-0.1, -0.05) is 6.42 Å². The van der Waals surface area contributed by atoms with Crippen LogP contribution in [0.3, 0.4) is 0 Å². The molecule has 160 valence electrons. The minimum absolute atomic E-state index is 0. The molecule has 1 fully saturated rings. The summed E-state index contributed by atoms with van der Waals surface area (Å²) in [4.78, 5) is 4.11. The molecule has 28 heavy (non-hydrogen) atoms. The van der Waals surface area contributed by atoms with Crippen molar-refractivity contribution in [2.75, 3.05) is 20.7 Å². The first-order valence-corrected chi connectivity index (χ1v) is 9.16. The number of methoxy groups -OCH3 is 1. The van der Waals surface area contributed by atoms with Crippen LogP contribution in [0.25, 0.3) is 0 Å². The summed E-state index contributed by atoms with van der Waals surface area (Å²) in [7, 11) is 3.21. The number of hydrogen-bond donors (Lipinski definition) is 2. The highest BCUT2D eigenvalue weighted by atomic mass is 127. The van der Waals surface area contributed by atoms with E-state index < -0.39 is 12.1 Å². The number of rotatable bonds is 6. The topological polar surface area (TPSA) is 54.9 Å². The van der Waals surface area contributed by atoms with Crippen molar-refractivity contribution in [3.05, 3.63) is 24.3 Å². The molecule has 0 heterocycles. The number of guanidine groups is 1. The molecule has 0 bridgehead atoms. The van der Waals surface area contributed by atoms with Crippen molar-refractivity contribution in [2.45, 2.75) is 50.9 Å². The Morgan fingerprint density at radius 3 is 2.43 bits per heavy atom. The normalized spacial score (nSPS) is 21.3. The fourth-order valence-corrected chi connectivity index (χ4v) is 3.17. The molecule has 0 aromatic heterocycles. The van der Waals surface area contributed by atoms with Crippen LogP contribution < -0.4 is 20.1 Å². The van der Waals surface area contributed by atoms with E-state index in [0.717, 1.165) is 5.75 Å². The average Bonchev–Trinajstić information content (AvgIpc) is 2.65. The van der Waals surface area contributed by atoms with E-state index in [4.69, 9.17) is 9.47 Å². The smallest absolute Gasteiger partial charge is 0.391 e. The number of benzene rings is 1. The SMILES string of the molecule is CN=C(NCC(C)Oc1ccc(OC)cc1)NC1CCCC(C(F)(F)F)C1.I. The maximum Gasteiger partial charge on any atom is 0.391 e. The standard InChI is InChI=1S/C19H28F3N3O2.HI/c1-13(27-17-9-7-16(26-3)8-10-17)12-24-18(23-2)25-15-6-4-5-14(11-15)19(20,21)22;/h7-10,13-15H,4-6,11-12H2,1-3H3,(H2,23,24,25);1H. The third-order valence-corrected chi connectivity index (χ3v) is 4.66. The van der Waals surface area contributed by atoms with Crippen molar-refractivity contribution in [3.63, 3.8) is 0 Å². The van der Waals surface area contributed by atoms with E-state index in [2.05, 4.69) is 15.6 Å². The molecule has 9 heteroatoms. The molecule has 3 atom stereocenters. The number of halogens is 4. The Kier molecular flexibility index (Phi) is 10.2. The summed E-state index contributed by atoms with van der Waals surface area (Å²) in [5, 5.41) is 6.23. The lowest BCUT2D eigenvalue weighted by Crippen LogP contribution is -2.48. The number of hydrogen-bond acceptors (Lipinski definition) is 3. The van der Waals surface area contributed by atoms with Gasteiger partial charge in [0.1, 0.15) is 17.6 Å². The molecule has 0 saturated heterocycles. The van der Waals surface area contributed by atoms with Crippen LogP contribution in [0.1, 0.15) is 32.6 Å². The zero-order valence-corrected chi connectivity index (χ0v) is 18.7. The molecule has 1 aliphatic carbocycles. The minimum Gasteiger partial charge on any atom is -0.497 e. The summed E-state index contributed by atoms with van der Waals surface area (Å²) in [5.41, 5.74) is 0. The Morgan fingerprint density at radius 1 is 1.21 bits per heavy atom. The monoisotopic (exact) mass is 515 g/mol. The van der Waals surface area contributed by atoms with E-state index in [-0.39, 0.29) is 49.0 Å². The summed E-state index contributed by atoms with van der Waals surface area (Å²) in [6.07, 6.45) is -2.70. The van der Waals surface area contributed by atoms with Gasteiger partial charge in [0.25, 0.3) is 0 Å². The van der Waals surface area contributed by atoms with Crippen molar-refractivity contribution in [2.24, 2.45) is 10.9 Å². The van der Waals surface area contributed by atoms with Crippen LogP contribution in [0.4, 0.5) is 13.2 Å². The van der Waals surface area contributed by atoms with Gasteiger partial charge in [-0.15, -0.1) is 24.0 Å². The average molecular weight is 515 g/mol. The molecule has 2 N–H and O–H groups in total. The first kappa shape index (κ1) is 24.6. The third-order valence-electron chi connectivity index (χ3n) is 4.66. The largest absolute Gasteiger partial charge is 0.497 e. The highest BCUT2D eigenvalue weighted by molar-refractivity contribution is 14.0. The zero-order valence-electron chi connectivity index (χ0n) is 16.4.